The van der Waals surface area contributed by atoms with Crippen LogP contribution in [0.25, 0.3) is 0 Å². The minimum absolute atomic E-state index is 0.0688. The van der Waals surface area contributed by atoms with Gasteiger partial charge in [0.05, 0.1) is 19.1 Å². The summed E-state index contributed by atoms with van der Waals surface area (Å²) in [5.41, 5.74) is 11.1. The van der Waals surface area contributed by atoms with Crippen LogP contribution in [0.15, 0.2) is 30.3 Å². The first-order valence-corrected chi connectivity index (χ1v) is 9.96. The molecule has 13 nitrogen and oxygen atoms in total. The highest BCUT2D eigenvalue weighted by molar-refractivity contribution is 5.95. The van der Waals surface area contributed by atoms with Crippen LogP contribution in [0.4, 0.5) is 0 Å². The Hall–Kier alpha value is -3.55. The van der Waals surface area contributed by atoms with Crippen LogP contribution >= 0.6 is 0 Å². The summed E-state index contributed by atoms with van der Waals surface area (Å²) in [7, 11) is 0. The first kappa shape index (κ1) is 27.5. The Morgan fingerprint density at radius 1 is 0.909 bits per heavy atom. The number of amides is 4. The highest BCUT2D eigenvalue weighted by atomic mass is 16.4. The minimum atomic E-state index is -1.62. The van der Waals surface area contributed by atoms with Crippen LogP contribution in [0.5, 0.6) is 0 Å². The molecule has 0 heterocycles. The number of benzene rings is 1. The summed E-state index contributed by atoms with van der Waals surface area (Å²) in [6.07, 6.45) is -1.96. The lowest BCUT2D eigenvalue weighted by Gasteiger charge is -2.24. The molecular formula is C20H29N5O8. The van der Waals surface area contributed by atoms with E-state index in [0.29, 0.717) is 5.56 Å². The summed E-state index contributed by atoms with van der Waals surface area (Å²) in [5.74, 6) is -5.25. The van der Waals surface area contributed by atoms with Crippen LogP contribution in [0.2, 0.25) is 0 Å². The number of aliphatic hydroxyl groups excluding tert-OH is 2. The van der Waals surface area contributed by atoms with E-state index >= 15 is 0 Å². The van der Waals surface area contributed by atoms with Crippen LogP contribution in [0.3, 0.4) is 0 Å². The minimum Gasteiger partial charge on any atom is -0.480 e. The molecule has 0 aliphatic heterocycles. The normalized spacial score (nSPS) is 15.3. The molecule has 1 rings (SSSR count). The summed E-state index contributed by atoms with van der Waals surface area (Å²) in [6.45, 7) is 0.423. The fourth-order valence-electron chi connectivity index (χ4n) is 2.69. The second kappa shape index (κ2) is 13.1. The third-order valence-electron chi connectivity index (χ3n) is 4.57. The Labute approximate surface area is 189 Å². The van der Waals surface area contributed by atoms with Crippen molar-refractivity contribution in [2.24, 2.45) is 11.5 Å². The number of carbonyl (C=O) groups is 5. The maximum absolute atomic E-state index is 12.8. The predicted molar refractivity (Wildman–Crippen MR) is 114 cm³/mol. The molecule has 0 saturated carbocycles. The monoisotopic (exact) mass is 467 g/mol. The standard InChI is InChI=1S/C20H29N5O8/c1-10(27)16(22)19(31)25-14(9-26)18(30)23-12(7-11-5-3-2-4-6-11)17(29)24-13(20(32)33)8-15(21)28/h2-6,10,12-14,16,26-27H,7-9,22H2,1H3,(H2,21,28)(H,23,30)(H,24,29)(H,25,31)(H,32,33). The van der Waals surface area contributed by atoms with Gasteiger partial charge in [0.2, 0.25) is 23.6 Å². The van der Waals surface area contributed by atoms with Crippen molar-refractivity contribution in [3.8, 4) is 0 Å². The Balaban J connectivity index is 3.04. The second-order valence-electron chi connectivity index (χ2n) is 7.33. The van der Waals surface area contributed by atoms with Gasteiger partial charge in [-0.3, -0.25) is 19.2 Å². The molecule has 0 aromatic heterocycles. The summed E-state index contributed by atoms with van der Waals surface area (Å²) in [4.78, 5) is 59.9. The van der Waals surface area contributed by atoms with Crippen LogP contribution in [-0.2, 0) is 30.4 Å². The summed E-state index contributed by atoms with van der Waals surface area (Å²) in [5, 5.41) is 34.8. The predicted octanol–water partition coefficient (Wildman–Crippen LogP) is -3.66. The molecule has 1 aromatic carbocycles. The van der Waals surface area contributed by atoms with E-state index in [9.17, 15) is 39.3 Å². The zero-order chi connectivity index (χ0) is 25.1. The molecule has 10 N–H and O–H groups in total. The van der Waals surface area contributed by atoms with Crippen molar-refractivity contribution in [3.05, 3.63) is 35.9 Å². The van der Waals surface area contributed by atoms with Crippen LogP contribution in [-0.4, -0.2) is 81.8 Å². The number of carboxylic acids is 1. The van der Waals surface area contributed by atoms with Crippen LogP contribution in [0.1, 0.15) is 18.9 Å². The van der Waals surface area contributed by atoms with Gasteiger partial charge in [-0.15, -0.1) is 0 Å². The SMILES string of the molecule is CC(O)C(N)C(=O)NC(CO)C(=O)NC(Cc1ccccc1)C(=O)NC(CC(N)=O)C(=O)O. The van der Waals surface area contributed by atoms with Gasteiger partial charge in [-0.2, -0.15) is 0 Å². The van der Waals surface area contributed by atoms with Gasteiger partial charge in [-0.1, -0.05) is 30.3 Å². The van der Waals surface area contributed by atoms with Crippen molar-refractivity contribution in [3.63, 3.8) is 0 Å². The van der Waals surface area contributed by atoms with Gasteiger partial charge < -0.3 is 42.7 Å². The van der Waals surface area contributed by atoms with Gasteiger partial charge in [0.25, 0.3) is 0 Å². The van der Waals surface area contributed by atoms with Crippen molar-refractivity contribution in [2.45, 2.75) is 50.0 Å². The molecule has 13 heteroatoms. The Morgan fingerprint density at radius 3 is 1.91 bits per heavy atom. The molecule has 0 bridgehead atoms. The number of rotatable bonds is 13. The molecule has 5 unspecified atom stereocenters. The van der Waals surface area contributed by atoms with Crippen molar-refractivity contribution in [1.82, 2.24) is 16.0 Å². The quantitative estimate of drug-likeness (QED) is 0.142. The number of hydrogen-bond donors (Lipinski definition) is 8. The fraction of sp³-hybridized carbons (Fsp3) is 0.450. The number of aliphatic hydroxyl groups is 2. The molecule has 5 atom stereocenters. The Kier molecular flexibility index (Phi) is 10.9. The lowest BCUT2D eigenvalue weighted by atomic mass is 10.0. The fourth-order valence-corrected chi connectivity index (χ4v) is 2.69. The summed E-state index contributed by atoms with van der Waals surface area (Å²) < 4.78 is 0. The second-order valence-corrected chi connectivity index (χ2v) is 7.33. The lowest BCUT2D eigenvalue weighted by Crippen LogP contribution is -2.59. The molecule has 1 aromatic rings. The number of primary amides is 1. The maximum Gasteiger partial charge on any atom is 0.326 e. The van der Waals surface area contributed by atoms with E-state index in [1.54, 1.807) is 30.3 Å². The number of aliphatic carboxylic acids is 1. The highest BCUT2D eigenvalue weighted by Gasteiger charge is 2.31. The van der Waals surface area contributed by atoms with E-state index in [0.717, 1.165) is 0 Å². The molecule has 0 fully saturated rings. The molecule has 0 aliphatic rings. The van der Waals surface area contributed by atoms with E-state index in [2.05, 4.69) is 16.0 Å². The molecule has 182 valence electrons. The average molecular weight is 467 g/mol. The van der Waals surface area contributed by atoms with Gasteiger partial charge in [-0.25, -0.2) is 4.79 Å². The highest BCUT2D eigenvalue weighted by Crippen LogP contribution is 2.05. The molecular weight excluding hydrogens is 438 g/mol. The Bertz CT molecular complexity index is 848. The molecule has 0 aliphatic carbocycles. The van der Waals surface area contributed by atoms with Gasteiger partial charge >= 0.3 is 5.97 Å². The van der Waals surface area contributed by atoms with Gasteiger partial charge in [0, 0.05) is 6.42 Å². The van der Waals surface area contributed by atoms with Crippen molar-refractivity contribution >= 4 is 29.6 Å². The maximum atomic E-state index is 12.8. The van der Waals surface area contributed by atoms with Gasteiger partial charge in [0.1, 0.15) is 24.2 Å². The first-order valence-electron chi connectivity index (χ1n) is 9.96. The van der Waals surface area contributed by atoms with Crippen molar-refractivity contribution in [2.75, 3.05) is 6.61 Å². The lowest BCUT2D eigenvalue weighted by molar-refractivity contribution is -0.143. The number of nitrogens with two attached hydrogens (primary N) is 2. The van der Waals surface area contributed by atoms with Gasteiger partial charge in [-0.05, 0) is 12.5 Å². The van der Waals surface area contributed by atoms with E-state index in [-0.39, 0.29) is 6.42 Å². The van der Waals surface area contributed by atoms with E-state index in [1.165, 1.54) is 6.92 Å². The first-order chi connectivity index (χ1) is 15.5. The number of carbonyl (C=O) groups excluding carboxylic acids is 4. The van der Waals surface area contributed by atoms with Gasteiger partial charge in [0.15, 0.2) is 0 Å². The average Bonchev–Trinajstić information content (AvgIpc) is 2.75. The summed E-state index contributed by atoms with van der Waals surface area (Å²) in [6, 6.07) is 2.62. The molecule has 0 saturated heterocycles. The molecule has 4 amide bonds. The third kappa shape index (κ3) is 9.22. The van der Waals surface area contributed by atoms with Crippen LogP contribution < -0.4 is 27.4 Å². The number of carboxylic acid groups (broad SMARTS) is 1. The van der Waals surface area contributed by atoms with E-state index in [1.807, 2.05) is 0 Å². The molecule has 0 radical (unpaired) electrons. The zero-order valence-corrected chi connectivity index (χ0v) is 17.9. The molecule has 0 spiro atoms. The van der Waals surface area contributed by atoms with E-state index in [4.69, 9.17) is 11.5 Å². The Morgan fingerprint density at radius 2 is 1.42 bits per heavy atom. The van der Waals surface area contributed by atoms with E-state index < -0.39 is 72.9 Å². The third-order valence-corrected chi connectivity index (χ3v) is 4.57. The molecule has 33 heavy (non-hydrogen) atoms. The largest absolute Gasteiger partial charge is 0.480 e. The number of hydrogen-bond acceptors (Lipinski definition) is 8. The summed E-state index contributed by atoms with van der Waals surface area (Å²) >= 11 is 0. The van der Waals surface area contributed by atoms with Crippen molar-refractivity contribution in [1.29, 1.82) is 0 Å². The smallest absolute Gasteiger partial charge is 0.326 e. The van der Waals surface area contributed by atoms with Crippen LogP contribution in [0, 0.1) is 0 Å². The van der Waals surface area contributed by atoms with Crippen molar-refractivity contribution < 1.29 is 39.3 Å². The zero-order valence-electron chi connectivity index (χ0n) is 17.9. The topological polar surface area (TPSA) is 234 Å². The number of nitrogens with one attached hydrogen (secondary N) is 3.